The molecule has 7 heteroatoms. The van der Waals surface area contributed by atoms with Gasteiger partial charge in [-0.2, -0.15) is 0 Å². The molecule has 156 valence electrons. The van der Waals surface area contributed by atoms with Crippen LogP contribution in [0, 0.1) is 0 Å². The third-order valence-corrected chi connectivity index (χ3v) is 5.68. The summed E-state index contributed by atoms with van der Waals surface area (Å²) in [6.07, 6.45) is 2.04. The fraction of sp³-hybridized carbons (Fsp3) is 0.667. The van der Waals surface area contributed by atoms with Crippen molar-refractivity contribution in [2.24, 2.45) is 0 Å². The number of hydrogen-bond donors (Lipinski definition) is 3. The molecule has 1 amide bonds. The van der Waals surface area contributed by atoms with Gasteiger partial charge in [-0.1, -0.05) is 12.1 Å². The molecule has 1 aromatic carbocycles. The molecule has 3 N–H and O–H groups in total. The summed E-state index contributed by atoms with van der Waals surface area (Å²) < 4.78 is 11.1. The zero-order valence-electron chi connectivity index (χ0n) is 16.5. The number of aliphatic hydroxyl groups is 2. The number of nitrogens with zero attached hydrogens (tertiary/aromatic N) is 1. The second kappa shape index (κ2) is 10.2. The van der Waals surface area contributed by atoms with E-state index in [-0.39, 0.29) is 18.1 Å². The van der Waals surface area contributed by atoms with Crippen LogP contribution in [0.4, 0.5) is 0 Å². The highest BCUT2D eigenvalue weighted by Crippen LogP contribution is 2.23. The molecule has 2 aliphatic rings. The minimum atomic E-state index is -0.819. The van der Waals surface area contributed by atoms with Crippen LogP contribution >= 0.6 is 0 Å². The Morgan fingerprint density at radius 2 is 1.89 bits per heavy atom. The lowest BCUT2D eigenvalue weighted by molar-refractivity contribution is -0.158. The molecule has 2 saturated heterocycles. The molecular weight excluding hydrogens is 360 g/mol. The Balaban J connectivity index is 1.44. The van der Waals surface area contributed by atoms with Gasteiger partial charge in [-0.05, 0) is 49.8 Å². The van der Waals surface area contributed by atoms with E-state index in [4.69, 9.17) is 9.47 Å². The van der Waals surface area contributed by atoms with Gasteiger partial charge in [0.25, 0.3) is 5.91 Å². The number of carbonyl (C=O) groups is 1. The second-order valence-corrected chi connectivity index (χ2v) is 7.75. The number of methoxy groups -OCH3 is 1. The summed E-state index contributed by atoms with van der Waals surface area (Å²) in [6.45, 7) is 3.09. The van der Waals surface area contributed by atoms with Gasteiger partial charge in [0.15, 0.2) is 6.10 Å². The largest absolute Gasteiger partial charge is 0.497 e. The zero-order chi connectivity index (χ0) is 19.9. The van der Waals surface area contributed by atoms with Crippen molar-refractivity contribution < 1.29 is 24.5 Å². The number of piperidine rings is 1. The summed E-state index contributed by atoms with van der Waals surface area (Å²) in [5.74, 6) is 0.501. The van der Waals surface area contributed by atoms with Crippen LogP contribution in [0.3, 0.4) is 0 Å². The maximum Gasteiger partial charge on any atom is 0.252 e. The number of aliphatic hydroxyl groups excluding tert-OH is 2. The number of amides is 1. The molecule has 0 saturated carbocycles. The minimum absolute atomic E-state index is 0.0213. The number of ether oxygens (including phenoxy) is 2. The van der Waals surface area contributed by atoms with E-state index < -0.39 is 12.2 Å². The van der Waals surface area contributed by atoms with Crippen LogP contribution in [-0.4, -0.2) is 72.2 Å². The molecule has 0 aliphatic carbocycles. The predicted octanol–water partition coefficient (Wildman–Crippen LogP) is 1.07. The first kappa shape index (κ1) is 21.0. The van der Waals surface area contributed by atoms with E-state index in [1.807, 2.05) is 24.3 Å². The highest BCUT2D eigenvalue weighted by Gasteiger charge is 2.35. The first-order valence-electron chi connectivity index (χ1n) is 10.2. The average molecular weight is 392 g/mol. The topological polar surface area (TPSA) is 91.3 Å². The Hall–Kier alpha value is -1.67. The van der Waals surface area contributed by atoms with Crippen LogP contribution in [-0.2, 0) is 16.1 Å². The molecule has 3 atom stereocenters. The van der Waals surface area contributed by atoms with Gasteiger partial charge in [0.1, 0.15) is 5.75 Å². The maximum atomic E-state index is 12.5. The Bertz CT molecular complexity index is 616. The van der Waals surface area contributed by atoms with Gasteiger partial charge in [0, 0.05) is 26.2 Å². The Kier molecular flexibility index (Phi) is 7.67. The smallest absolute Gasteiger partial charge is 0.252 e. The van der Waals surface area contributed by atoms with Crippen molar-refractivity contribution in [3.05, 3.63) is 29.8 Å². The molecular formula is C21H32N2O5. The third kappa shape index (κ3) is 5.91. The molecule has 28 heavy (non-hydrogen) atoms. The van der Waals surface area contributed by atoms with Crippen molar-refractivity contribution in [3.63, 3.8) is 0 Å². The SMILES string of the molecule is COc1ccc(CNC(=O)[C@@H]2O[C@H](CCN3CCC(O)CC3)CC[C@@H]2O)cc1. The van der Waals surface area contributed by atoms with Crippen LogP contribution < -0.4 is 10.1 Å². The van der Waals surface area contributed by atoms with Crippen molar-refractivity contribution >= 4 is 5.91 Å². The highest BCUT2D eigenvalue weighted by molar-refractivity contribution is 5.81. The van der Waals surface area contributed by atoms with E-state index >= 15 is 0 Å². The van der Waals surface area contributed by atoms with Crippen molar-refractivity contribution in [1.82, 2.24) is 10.2 Å². The van der Waals surface area contributed by atoms with Gasteiger partial charge in [-0.25, -0.2) is 0 Å². The average Bonchev–Trinajstić information content (AvgIpc) is 2.73. The lowest BCUT2D eigenvalue weighted by Crippen LogP contribution is -2.49. The molecule has 1 aromatic rings. The Morgan fingerprint density at radius 3 is 2.57 bits per heavy atom. The highest BCUT2D eigenvalue weighted by atomic mass is 16.5. The monoisotopic (exact) mass is 392 g/mol. The lowest BCUT2D eigenvalue weighted by Gasteiger charge is -2.35. The van der Waals surface area contributed by atoms with Crippen molar-refractivity contribution in [2.75, 3.05) is 26.7 Å². The van der Waals surface area contributed by atoms with E-state index in [0.717, 1.165) is 56.6 Å². The van der Waals surface area contributed by atoms with E-state index in [1.165, 1.54) is 0 Å². The molecule has 0 aromatic heterocycles. The number of hydrogen-bond acceptors (Lipinski definition) is 6. The van der Waals surface area contributed by atoms with E-state index in [0.29, 0.717) is 13.0 Å². The standard InChI is InChI=1S/C21H32N2O5/c1-27-17-4-2-15(3-5-17)14-22-21(26)20-19(25)7-6-18(28-20)10-13-23-11-8-16(24)9-12-23/h2-5,16,18-20,24-25H,6-14H2,1H3,(H,22,26)/t18-,19-,20+/m0/s1. The summed E-state index contributed by atoms with van der Waals surface area (Å²) in [4.78, 5) is 14.9. The van der Waals surface area contributed by atoms with Crippen molar-refractivity contribution in [1.29, 1.82) is 0 Å². The second-order valence-electron chi connectivity index (χ2n) is 7.75. The summed E-state index contributed by atoms with van der Waals surface area (Å²) >= 11 is 0. The fourth-order valence-electron chi connectivity index (χ4n) is 3.83. The van der Waals surface area contributed by atoms with Crippen LogP contribution in [0.1, 0.15) is 37.7 Å². The quantitative estimate of drug-likeness (QED) is 0.643. The Morgan fingerprint density at radius 1 is 1.18 bits per heavy atom. The molecule has 0 bridgehead atoms. The maximum absolute atomic E-state index is 12.5. The molecule has 0 spiro atoms. The molecule has 2 heterocycles. The van der Waals surface area contributed by atoms with Crippen molar-refractivity contribution in [3.8, 4) is 5.75 Å². The van der Waals surface area contributed by atoms with E-state index in [9.17, 15) is 15.0 Å². The third-order valence-electron chi connectivity index (χ3n) is 5.68. The van der Waals surface area contributed by atoms with Gasteiger partial charge < -0.3 is 29.9 Å². The van der Waals surface area contributed by atoms with Crippen molar-refractivity contribution in [2.45, 2.75) is 63.1 Å². The summed E-state index contributed by atoms with van der Waals surface area (Å²) in [6, 6.07) is 7.50. The van der Waals surface area contributed by atoms with E-state index in [1.54, 1.807) is 7.11 Å². The van der Waals surface area contributed by atoms with E-state index in [2.05, 4.69) is 10.2 Å². The predicted molar refractivity (Wildman–Crippen MR) is 105 cm³/mol. The molecule has 2 fully saturated rings. The van der Waals surface area contributed by atoms with Crippen LogP contribution in [0.15, 0.2) is 24.3 Å². The zero-order valence-corrected chi connectivity index (χ0v) is 16.5. The first-order chi connectivity index (χ1) is 13.5. The molecule has 0 unspecified atom stereocenters. The van der Waals surface area contributed by atoms with Crippen LogP contribution in [0.25, 0.3) is 0 Å². The number of likely N-dealkylation sites (tertiary alicyclic amines) is 1. The normalized spacial score (nSPS) is 26.8. The van der Waals surface area contributed by atoms with Crippen LogP contribution in [0.2, 0.25) is 0 Å². The number of carbonyl (C=O) groups excluding carboxylic acids is 1. The number of benzene rings is 1. The summed E-state index contributed by atoms with van der Waals surface area (Å²) in [5, 5.41) is 22.7. The Labute approximate surface area is 166 Å². The molecule has 0 radical (unpaired) electrons. The van der Waals surface area contributed by atoms with Gasteiger partial charge >= 0.3 is 0 Å². The van der Waals surface area contributed by atoms with Gasteiger partial charge in [0.05, 0.1) is 25.4 Å². The van der Waals surface area contributed by atoms with Gasteiger partial charge in [0.2, 0.25) is 0 Å². The fourth-order valence-corrected chi connectivity index (χ4v) is 3.83. The summed E-state index contributed by atoms with van der Waals surface area (Å²) in [7, 11) is 1.61. The minimum Gasteiger partial charge on any atom is -0.497 e. The lowest BCUT2D eigenvalue weighted by atomic mass is 9.98. The molecule has 2 aliphatic heterocycles. The summed E-state index contributed by atoms with van der Waals surface area (Å²) in [5.41, 5.74) is 0.961. The first-order valence-corrected chi connectivity index (χ1v) is 10.2. The molecule has 3 rings (SSSR count). The van der Waals surface area contributed by atoms with Gasteiger partial charge in [-0.15, -0.1) is 0 Å². The van der Waals surface area contributed by atoms with Gasteiger partial charge in [-0.3, -0.25) is 4.79 Å². The molecule has 7 nitrogen and oxygen atoms in total. The number of rotatable bonds is 7. The number of nitrogens with one attached hydrogen (secondary N) is 1. The van der Waals surface area contributed by atoms with Crippen LogP contribution in [0.5, 0.6) is 5.75 Å².